The summed E-state index contributed by atoms with van der Waals surface area (Å²) in [5.74, 6) is 0.747. The van der Waals surface area contributed by atoms with Gasteiger partial charge in [-0.3, -0.25) is 4.79 Å². The van der Waals surface area contributed by atoms with Crippen LogP contribution >= 0.6 is 23.2 Å². The molecule has 0 radical (unpaired) electrons. The summed E-state index contributed by atoms with van der Waals surface area (Å²) < 4.78 is 0. The maximum absolute atomic E-state index is 12.2. The van der Waals surface area contributed by atoms with Crippen LogP contribution in [0.5, 0.6) is 0 Å². The van der Waals surface area contributed by atoms with E-state index in [1.807, 2.05) is 4.90 Å². The van der Waals surface area contributed by atoms with Gasteiger partial charge in [0.1, 0.15) is 11.5 Å². The van der Waals surface area contributed by atoms with Crippen molar-refractivity contribution in [2.24, 2.45) is 23.3 Å². The van der Waals surface area contributed by atoms with E-state index in [0.717, 1.165) is 32.4 Å². The van der Waals surface area contributed by atoms with Crippen molar-refractivity contribution in [3.05, 3.63) is 33.9 Å². The number of nitrogens with two attached hydrogens (primary N) is 3. The number of carbonyl (C=O) groups excluding carboxylic acids is 1. The van der Waals surface area contributed by atoms with Gasteiger partial charge >= 0.3 is 0 Å². The van der Waals surface area contributed by atoms with Crippen LogP contribution in [-0.2, 0) is 0 Å². The summed E-state index contributed by atoms with van der Waals surface area (Å²) in [5, 5.41) is 0.614. The van der Waals surface area contributed by atoms with Crippen molar-refractivity contribution in [1.82, 2.24) is 9.97 Å². The lowest BCUT2D eigenvalue weighted by Gasteiger charge is -2.29. The number of nitrogen functional groups attached to an aromatic ring is 1. The lowest BCUT2D eigenvalue weighted by Crippen LogP contribution is -2.38. The highest BCUT2D eigenvalue weighted by atomic mass is 35.5. The number of fused-ring (bicyclic) bond motifs is 1. The Kier molecular flexibility index (Phi) is 5.07. The fourth-order valence-corrected chi connectivity index (χ4v) is 4.82. The van der Waals surface area contributed by atoms with Crippen LogP contribution in [0.2, 0.25) is 10.0 Å². The summed E-state index contributed by atoms with van der Waals surface area (Å²) in [7, 11) is 0. The highest BCUT2D eigenvalue weighted by molar-refractivity contribution is 6.44. The van der Waals surface area contributed by atoms with Crippen LogP contribution in [0.25, 0.3) is 11.1 Å². The number of hydrogen-bond acceptors (Lipinski definition) is 6. The average molecular weight is 421 g/mol. The smallest absolute Gasteiger partial charge is 0.268 e. The van der Waals surface area contributed by atoms with E-state index in [2.05, 4.69) is 9.97 Å². The Morgan fingerprint density at radius 3 is 2.68 bits per heavy atom. The fraction of sp³-hybridized carbons (Fsp3) is 0.421. The normalized spacial score (nSPS) is 24.2. The molecule has 0 bridgehead atoms. The van der Waals surface area contributed by atoms with E-state index in [0.29, 0.717) is 33.9 Å². The zero-order valence-electron chi connectivity index (χ0n) is 15.2. The number of halogens is 2. The average Bonchev–Trinajstić information content (AvgIpc) is 3.09. The van der Waals surface area contributed by atoms with E-state index in [1.54, 1.807) is 18.2 Å². The van der Waals surface area contributed by atoms with E-state index < -0.39 is 5.91 Å². The van der Waals surface area contributed by atoms with E-state index in [9.17, 15) is 4.79 Å². The Morgan fingerprint density at radius 1 is 1.18 bits per heavy atom. The van der Waals surface area contributed by atoms with Crippen molar-refractivity contribution in [1.29, 1.82) is 0 Å². The number of rotatable bonds is 3. The van der Waals surface area contributed by atoms with E-state index in [1.165, 1.54) is 0 Å². The van der Waals surface area contributed by atoms with Crippen LogP contribution in [0.4, 0.5) is 11.8 Å². The standard InChI is InChI=1S/C19H22Cl2N6O/c20-12-5-2-4-10(15(12)21)14-16(18(24)28)25-19(26-17(14)23)27-7-9-3-1-6-13(22)11(9)8-27/h2,4-5,9,11,13H,1,3,6-8,22H2,(H2,24,28)(H2,23,25,26). The first kappa shape index (κ1) is 19.2. The monoisotopic (exact) mass is 420 g/mol. The molecule has 148 valence electrons. The highest BCUT2D eigenvalue weighted by Gasteiger charge is 2.40. The largest absolute Gasteiger partial charge is 0.383 e. The van der Waals surface area contributed by atoms with Crippen LogP contribution < -0.4 is 22.1 Å². The molecule has 1 aliphatic heterocycles. The lowest BCUT2D eigenvalue weighted by molar-refractivity contribution is 0.0996. The maximum atomic E-state index is 12.2. The van der Waals surface area contributed by atoms with Gasteiger partial charge in [0.25, 0.3) is 5.91 Å². The van der Waals surface area contributed by atoms with Crippen LogP contribution in [-0.4, -0.2) is 35.0 Å². The van der Waals surface area contributed by atoms with Crippen molar-refractivity contribution in [2.75, 3.05) is 23.7 Å². The number of aromatic nitrogens is 2. The molecule has 2 aromatic rings. The van der Waals surface area contributed by atoms with Gasteiger partial charge in [0.2, 0.25) is 5.95 Å². The first-order valence-electron chi connectivity index (χ1n) is 9.29. The van der Waals surface area contributed by atoms with Crippen molar-refractivity contribution in [3.8, 4) is 11.1 Å². The minimum atomic E-state index is -0.699. The van der Waals surface area contributed by atoms with E-state index >= 15 is 0 Å². The highest BCUT2D eigenvalue weighted by Crippen LogP contribution is 2.40. The first-order valence-corrected chi connectivity index (χ1v) is 10.0. The van der Waals surface area contributed by atoms with Crippen LogP contribution in [0.1, 0.15) is 29.8 Å². The van der Waals surface area contributed by atoms with Crippen molar-refractivity contribution in [3.63, 3.8) is 0 Å². The zero-order valence-corrected chi connectivity index (χ0v) is 16.7. The van der Waals surface area contributed by atoms with Crippen molar-refractivity contribution < 1.29 is 4.79 Å². The molecule has 28 heavy (non-hydrogen) atoms. The number of carbonyl (C=O) groups is 1. The summed E-state index contributed by atoms with van der Waals surface area (Å²) in [6.07, 6.45) is 3.32. The lowest BCUT2D eigenvalue weighted by atomic mass is 9.78. The van der Waals surface area contributed by atoms with E-state index in [-0.39, 0.29) is 22.6 Å². The molecule has 9 heteroatoms. The summed E-state index contributed by atoms with van der Waals surface area (Å²) >= 11 is 12.4. The number of primary amides is 1. The van der Waals surface area contributed by atoms with Gasteiger partial charge in [0.15, 0.2) is 0 Å². The van der Waals surface area contributed by atoms with Crippen LogP contribution in [0.3, 0.4) is 0 Å². The quantitative estimate of drug-likeness (QED) is 0.700. The number of amides is 1. The Balaban J connectivity index is 1.76. The van der Waals surface area contributed by atoms with Crippen molar-refractivity contribution in [2.45, 2.75) is 25.3 Å². The van der Waals surface area contributed by atoms with Gasteiger partial charge in [-0.05, 0) is 30.7 Å². The number of benzene rings is 1. The number of hydrogen-bond donors (Lipinski definition) is 3. The van der Waals surface area contributed by atoms with E-state index in [4.69, 9.17) is 40.4 Å². The molecule has 1 aliphatic carbocycles. The third-order valence-electron chi connectivity index (χ3n) is 5.82. The molecule has 1 saturated carbocycles. The van der Waals surface area contributed by atoms with Gasteiger partial charge in [0.05, 0.1) is 15.6 Å². The summed E-state index contributed by atoms with van der Waals surface area (Å²) in [6.45, 7) is 1.55. The van der Waals surface area contributed by atoms with Gasteiger partial charge in [-0.2, -0.15) is 4.98 Å². The van der Waals surface area contributed by atoms with Crippen LogP contribution in [0, 0.1) is 11.8 Å². The molecule has 3 unspecified atom stereocenters. The molecule has 4 rings (SSSR count). The molecular weight excluding hydrogens is 399 g/mol. The predicted octanol–water partition coefficient (Wildman–Crippen LogP) is 2.70. The van der Waals surface area contributed by atoms with Gasteiger partial charge in [0, 0.05) is 24.7 Å². The Bertz CT molecular complexity index is 937. The molecule has 2 fully saturated rings. The molecule has 0 spiro atoms. The second kappa shape index (κ2) is 7.39. The number of anilines is 2. The van der Waals surface area contributed by atoms with Gasteiger partial charge in [-0.25, -0.2) is 4.98 Å². The summed E-state index contributed by atoms with van der Waals surface area (Å²) in [4.78, 5) is 23.2. The fourth-order valence-electron chi connectivity index (χ4n) is 4.43. The first-order chi connectivity index (χ1) is 13.4. The van der Waals surface area contributed by atoms with Gasteiger partial charge in [-0.1, -0.05) is 41.8 Å². The van der Waals surface area contributed by atoms with Crippen LogP contribution in [0.15, 0.2) is 18.2 Å². The molecule has 1 aromatic heterocycles. The predicted molar refractivity (Wildman–Crippen MR) is 111 cm³/mol. The van der Waals surface area contributed by atoms with Gasteiger partial charge in [-0.15, -0.1) is 0 Å². The second-order valence-electron chi connectivity index (χ2n) is 7.52. The molecule has 1 amide bonds. The second-order valence-corrected chi connectivity index (χ2v) is 8.31. The summed E-state index contributed by atoms with van der Waals surface area (Å²) in [5.41, 5.74) is 19.0. The molecule has 1 aromatic carbocycles. The number of nitrogens with zero attached hydrogens (tertiary/aromatic N) is 3. The Labute approximate surface area is 173 Å². The maximum Gasteiger partial charge on any atom is 0.268 e. The zero-order chi connectivity index (χ0) is 20.0. The molecule has 1 saturated heterocycles. The molecule has 3 atom stereocenters. The van der Waals surface area contributed by atoms with Crippen molar-refractivity contribution >= 4 is 40.9 Å². The Hall–Kier alpha value is -2.09. The Morgan fingerprint density at radius 2 is 1.96 bits per heavy atom. The third-order valence-corrected chi connectivity index (χ3v) is 6.64. The molecule has 2 aliphatic rings. The van der Waals surface area contributed by atoms with Gasteiger partial charge < -0.3 is 22.1 Å². The topological polar surface area (TPSA) is 124 Å². The molecule has 2 heterocycles. The molecule has 6 N–H and O–H groups in total. The minimum Gasteiger partial charge on any atom is -0.383 e. The third kappa shape index (κ3) is 3.27. The molecule has 7 nitrogen and oxygen atoms in total. The summed E-state index contributed by atoms with van der Waals surface area (Å²) in [6, 6.07) is 5.26. The minimum absolute atomic E-state index is 0.0332. The molecular formula is C19H22Cl2N6O. The SMILES string of the molecule is NC(=O)c1nc(N2CC3CCCC(N)C3C2)nc(N)c1-c1cccc(Cl)c1Cl.